The molecular weight excluding hydrogens is 208 g/mol. The molecule has 7 nitrogen and oxygen atoms in total. The van der Waals surface area contributed by atoms with Gasteiger partial charge in [0.25, 0.3) is 0 Å². The van der Waals surface area contributed by atoms with Gasteiger partial charge in [0.05, 0.1) is 0 Å². The summed E-state index contributed by atoms with van der Waals surface area (Å²) in [6, 6.07) is 0. The highest BCUT2D eigenvalue weighted by molar-refractivity contribution is 5.23. The fourth-order valence-electron chi connectivity index (χ4n) is 1.06. The lowest BCUT2D eigenvalue weighted by Crippen LogP contribution is -2.34. The lowest BCUT2D eigenvalue weighted by Gasteiger charge is -2.16. The number of aromatic amines is 2. The molecule has 0 aromatic carbocycles. The van der Waals surface area contributed by atoms with Crippen LogP contribution in [0.25, 0.3) is 0 Å². The van der Waals surface area contributed by atoms with Gasteiger partial charge in [-0.25, -0.2) is 15.7 Å². The molecule has 0 bridgehead atoms. The zero-order valence-electron chi connectivity index (χ0n) is 10.4. The second kappa shape index (κ2) is 7.89. The van der Waals surface area contributed by atoms with Gasteiger partial charge in [-0.15, -0.1) is 5.10 Å². The number of rotatable bonds is 5. The van der Waals surface area contributed by atoms with Crippen molar-refractivity contribution in [2.75, 3.05) is 32.2 Å². The zero-order chi connectivity index (χ0) is 12.6. The predicted octanol–water partition coefficient (Wildman–Crippen LogP) is -0.244. The van der Waals surface area contributed by atoms with Crippen molar-refractivity contribution >= 4 is 5.95 Å². The monoisotopic (exact) mass is 230 g/mol. The van der Waals surface area contributed by atoms with Crippen molar-refractivity contribution < 1.29 is 0 Å². The van der Waals surface area contributed by atoms with Crippen molar-refractivity contribution in [2.45, 2.75) is 20.3 Å². The highest BCUT2D eigenvalue weighted by Gasteiger charge is 2.04. The molecule has 0 aliphatic rings. The summed E-state index contributed by atoms with van der Waals surface area (Å²) in [7, 11) is 3.99. The van der Waals surface area contributed by atoms with Gasteiger partial charge in [0.1, 0.15) is 0 Å². The molecule has 0 aliphatic heterocycles. The van der Waals surface area contributed by atoms with Crippen molar-refractivity contribution in [1.82, 2.24) is 20.1 Å². The van der Waals surface area contributed by atoms with E-state index in [1.54, 1.807) is 0 Å². The molecule has 1 aromatic heterocycles. The normalized spacial score (nSPS) is 9.88. The smallest absolute Gasteiger partial charge is 0.309 e. The van der Waals surface area contributed by atoms with Crippen LogP contribution >= 0.6 is 0 Å². The molecule has 0 atom stereocenters. The van der Waals surface area contributed by atoms with E-state index in [0.717, 1.165) is 13.0 Å². The summed E-state index contributed by atoms with van der Waals surface area (Å²) in [4.78, 5) is 15.3. The van der Waals surface area contributed by atoms with Crippen LogP contribution in [0.2, 0.25) is 0 Å². The molecule has 0 saturated carbocycles. The third kappa shape index (κ3) is 5.52. The zero-order valence-corrected chi connectivity index (χ0v) is 10.4. The number of anilines is 1. The van der Waals surface area contributed by atoms with Crippen LogP contribution in [0.15, 0.2) is 4.79 Å². The fourth-order valence-corrected chi connectivity index (χ4v) is 1.06. The van der Waals surface area contributed by atoms with Gasteiger partial charge >= 0.3 is 5.69 Å². The van der Waals surface area contributed by atoms with E-state index < -0.39 is 0 Å². The molecule has 16 heavy (non-hydrogen) atoms. The highest BCUT2D eigenvalue weighted by atomic mass is 16.1. The first-order chi connectivity index (χ1) is 7.59. The molecule has 1 aromatic rings. The Labute approximate surface area is 95.6 Å². The van der Waals surface area contributed by atoms with E-state index in [1.165, 1.54) is 5.01 Å². The van der Waals surface area contributed by atoms with Gasteiger partial charge in [0.2, 0.25) is 5.95 Å². The highest BCUT2D eigenvalue weighted by Crippen LogP contribution is 1.97. The first-order valence-corrected chi connectivity index (χ1v) is 5.41. The quantitative estimate of drug-likeness (QED) is 0.479. The number of hydrogen-bond donors (Lipinski definition) is 3. The molecule has 0 aliphatic carbocycles. The van der Waals surface area contributed by atoms with Crippen LogP contribution in [0.4, 0.5) is 5.95 Å². The van der Waals surface area contributed by atoms with Gasteiger partial charge in [-0.3, -0.25) is 9.99 Å². The second-order valence-corrected chi connectivity index (χ2v) is 3.35. The molecule has 0 spiro atoms. The van der Waals surface area contributed by atoms with Gasteiger partial charge in [-0.05, 0) is 27.1 Å². The topological polar surface area (TPSA) is 94.0 Å². The van der Waals surface area contributed by atoms with E-state index in [0.29, 0.717) is 12.5 Å². The second-order valence-electron chi connectivity index (χ2n) is 3.35. The van der Waals surface area contributed by atoms with E-state index in [2.05, 4.69) is 20.1 Å². The summed E-state index contributed by atoms with van der Waals surface area (Å²) in [5, 5.41) is 7.38. The minimum atomic E-state index is -0.344. The standard InChI is InChI=1S/C7H16N6O.C2H6/c1-12(2)4-3-5-13(8)6-9-7(14)11-10-6;1-2/h3-5,8H2,1-2H3,(H2,9,10,11,14);1-2H3. The SMILES string of the molecule is CC.CN(C)CCCN(N)c1n[nH]c(=O)[nH]1. The molecule has 1 rings (SSSR count). The van der Waals surface area contributed by atoms with Gasteiger partial charge in [0, 0.05) is 6.54 Å². The van der Waals surface area contributed by atoms with E-state index in [-0.39, 0.29) is 5.69 Å². The van der Waals surface area contributed by atoms with E-state index in [4.69, 9.17) is 5.84 Å². The summed E-state index contributed by atoms with van der Waals surface area (Å²) in [6.45, 7) is 5.60. The Morgan fingerprint density at radius 3 is 2.38 bits per heavy atom. The van der Waals surface area contributed by atoms with Gasteiger partial charge in [0.15, 0.2) is 0 Å². The molecule has 0 fully saturated rings. The Balaban J connectivity index is 0.00000106. The average molecular weight is 230 g/mol. The maximum atomic E-state index is 10.7. The minimum Gasteiger partial charge on any atom is -0.309 e. The van der Waals surface area contributed by atoms with E-state index in [9.17, 15) is 4.79 Å². The number of hydrazine groups is 1. The Kier molecular flexibility index (Phi) is 7.23. The Bertz CT molecular complexity index is 318. The predicted molar refractivity (Wildman–Crippen MR) is 65.3 cm³/mol. The van der Waals surface area contributed by atoms with Gasteiger partial charge in [-0.1, -0.05) is 13.8 Å². The number of nitrogens with zero attached hydrogens (tertiary/aromatic N) is 3. The Hall–Kier alpha value is -1.34. The largest absolute Gasteiger partial charge is 0.342 e. The third-order valence-corrected chi connectivity index (χ3v) is 1.77. The minimum absolute atomic E-state index is 0.344. The van der Waals surface area contributed by atoms with Crippen LogP contribution in [0, 0.1) is 0 Å². The summed E-state index contributed by atoms with van der Waals surface area (Å²) in [6.07, 6.45) is 0.915. The Morgan fingerprint density at radius 1 is 1.31 bits per heavy atom. The van der Waals surface area contributed by atoms with Crippen LogP contribution in [-0.4, -0.2) is 47.3 Å². The first-order valence-electron chi connectivity index (χ1n) is 5.41. The number of aromatic nitrogens is 3. The molecule has 4 N–H and O–H groups in total. The summed E-state index contributed by atoms with van der Waals surface area (Å²) < 4.78 is 0. The molecule has 0 radical (unpaired) electrons. The molecule has 94 valence electrons. The van der Waals surface area contributed by atoms with Crippen LogP contribution in [-0.2, 0) is 0 Å². The van der Waals surface area contributed by atoms with Crippen molar-refractivity contribution in [3.05, 3.63) is 10.5 Å². The summed E-state index contributed by atoms with van der Waals surface area (Å²) in [5.41, 5.74) is -0.344. The average Bonchev–Trinajstić information content (AvgIpc) is 2.67. The van der Waals surface area contributed by atoms with E-state index in [1.807, 2.05) is 27.9 Å². The van der Waals surface area contributed by atoms with Crippen LogP contribution in [0.1, 0.15) is 20.3 Å². The van der Waals surface area contributed by atoms with Crippen LogP contribution in [0.5, 0.6) is 0 Å². The number of H-pyrrole nitrogens is 2. The van der Waals surface area contributed by atoms with Crippen molar-refractivity contribution in [1.29, 1.82) is 0 Å². The van der Waals surface area contributed by atoms with Crippen LogP contribution in [0.3, 0.4) is 0 Å². The maximum absolute atomic E-state index is 10.7. The lowest BCUT2D eigenvalue weighted by atomic mass is 10.4. The Morgan fingerprint density at radius 2 is 1.94 bits per heavy atom. The molecule has 0 unspecified atom stereocenters. The van der Waals surface area contributed by atoms with Gasteiger partial charge < -0.3 is 4.90 Å². The number of nitrogens with two attached hydrogens (primary N) is 1. The fraction of sp³-hybridized carbons (Fsp3) is 0.778. The number of nitrogens with one attached hydrogen (secondary N) is 2. The van der Waals surface area contributed by atoms with Gasteiger partial charge in [-0.2, -0.15) is 0 Å². The maximum Gasteiger partial charge on any atom is 0.342 e. The molecule has 0 saturated heterocycles. The van der Waals surface area contributed by atoms with E-state index >= 15 is 0 Å². The molecule has 0 amide bonds. The van der Waals surface area contributed by atoms with Crippen molar-refractivity contribution in [3.8, 4) is 0 Å². The first kappa shape index (κ1) is 14.7. The summed E-state index contributed by atoms with van der Waals surface area (Å²) in [5.74, 6) is 6.03. The molecule has 7 heteroatoms. The summed E-state index contributed by atoms with van der Waals surface area (Å²) >= 11 is 0. The number of hydrogen-bond acceptors (Lipinski definition) is 5. The third-order valence-electron chi connectivity index (χ3n) is 1.77. The van der Waals surface area contributed by atoms with Crippen molar-refractivity contribution in [2.24, 2.45) is 5.84 Å². The molecule has 1 heterocycles. The van der Waals surface area contributed by atoms with Crippen LogP contribution < -0.4 is 16.5 Å². The molecular formula is C9H22N6O. The lowest BCUT2D eigenvalue weighted by molar-refractivity contribution is 0.400. The van der Waals surface area contributed by atoms with Crippen molar-refractivity contribution in [3.63, 3.8) is 0 Å².